The summed E-state index contributed by atoms with van der Waals surface area (Å²) in [7, 11) is 0. The van der Waals surface area contributed by atoms with Crippen LogP contribution in [0, 0.1) is 0 Å². The minimum absolute atomic E-state index is 1.15. The Morgan fingerprint density at radius 2 is 1.33 bits per heavy atom. The Morgan fingerprint density at radius 3 is 1.61 bits per heavy atom. The molecule has 0 atom stereocenters. The molecule has 0 aliphatic heterocycles. The SMILES string of the molecule is C=CO[C](=C)[Sn]([CH2]CCC)([CH2]CCC)[CH2]CCC. The number of unbranched alkanes of at least 4 members (excludes halogenated alkanes) is 3. The van der Waals surface area contributed by atoms with Gasteiger partial charge in [0.05, 0.1) is 0 Å². The Morgan fingerprint density at radius 1 is 0.944 bits per heavy atom. The van der Waals surface area contributed by atoms with Gasteiger partial charge in [0.2, 0.25) is 0 Å². The van der Waals surface area contributed by atoms with Crippen LogP contribution in [0.2, 0.25) is 13.3 Å². The Balaban J connectivity index is 4.83. The first kappa shape index (κ1) is 18.1. The number of hydrogen-bond donors (Lipinski definition) is 0. The standard InChI is InChI=1S/C4H5O.3C4H9.Sn/c1-3-5-4-2;3*1-3-4-2;/h3H,1-2H2;3*1,3-4H2,2H3;. The molecule has 0 heterocycles. The first-order chi connectivity index (χ1) is 8.66. The van der Waals surface area contributed by atoms with Crippen molar-refractivity contribution in [1.82, 2.24) is 0 Å². The summed E-state index contributed by atoms with van der Waals surface area (Å²) >= 11 is -2.31. The van der Waals surface area contributed by atoms with Crippen LogP contribution in [0.5, 0.6) is 0 Å². The fourth-order valence-corrected chi connectivity index (χ4v) is 16.9. The second-order valence-corrected chi connectivity index (χ2v) is 18.5. The normalized spacial score (nSPS) is 11.3. The van der Waals surface area contributed by atoms with Gasteiger partial charge in [-0.15, -0.1) is 0 Å². The first-order valence-corrected chi connectivity index (χ1v) is 15.1. The van der Waals surface area contributed by atoms with E-state index < -0.39 is 18.4 Å². The van der Waals surface area contributed by atoms with Gasteiger partial charge in [-0.25, -0.2) is 0 Å². The van der Waals surface area contributed by atoms with Gasteiger partial charge in [0, 0.05) is 0 Å². The molecule has 0 N–H and O–H groups in total. The molecule has 0 unspecified atom stereocenters. The molecule has 0 aliphatic carbocycles. The molecule has 0 spiro atoms. The van der Waals surface area contributed by atoms with Gasteiger partial charge in [-0.1, -0.05) is 0 Å². The molecule has 1 nitrogen and oxygen atoms in total. The van der Waals surface area contributed by atoms with Crippen LogP contribution in [0.4, 0.5) is 0 Å². The molecule has 0 aliphatic rings. The van der Waals surface area contributed by atoms with E-state index in [0.717, 1.165) is 3.78 Å². The molecule has 2 heteroatoms. The molecule has 0 saturated carbocycles. The molecule has 0 aromatic heterocycles. The van der Waals surface area contributed by atoms with Crippen molar-refractivity contribution >= 4 is 18.4 Å². The van der Waals surface area contributed by atoms with Gasteiger partial charge in [0.15, 0.2) is 0 Å². The monoisotopic (exact) mass is 360 g/mol. The van der Waals surface area contributed by atoms with Crippen molar-refractivity contribution in [3.05, 3.63) is 23.2 Å². The molecule has 0 radical (unpaired) electrons. The molecular formula is C16H32OSn. The number of hydrogen-bond acceptors (Lipinski definition) is 1. The summed E-state index contributed by atoms with van der Waals surface area (Å²) in [6.07, 6.45) is 9.50. The van der Waals surface area contributed by atoms with Crippen LogP contribution in [-0.2, 0) is 4.74 Å². The third kappa shape index (κ3) is 6.31. The van der Waals surface area contributed by atoms with Crippen molar-refractivity contribution in [3.63, 3.8) is 0 Å². The fourth-order valence-electron chi connectivity index (χ4n) is 2.56. The van der Waals surface area contributed by atoms with E-state index in [-0.39, 0.29) is 0 Å². The molecular weight excluding hydrogens is 327 g/mol. The summed E-state index contributed by atoms with van der Waals surface area (Å²) in [6.45, 7) is 14.8. The summed E-state index contributed by atoms with van der Waals surface area (Å²) in [5.41, 5.74) is 0. The average Bonchev–Trinajstić information content (AvgIpc) is 2.38. The zero-order chi connectivity index (χ0) is 13.9. The molecule has 0 fully saturated rings. The van der Waals surface area contributed by atoms with Crippen LogP contribution in [0.15, 0.2) is 23.2 Å². The van der Waals surface area contributed by atoms with Crippen LogP contribution < -0.4 is 0 Å². The summed E-state index contributed by atoms with van der Waals surface area (Å²) in [5.74, 6) is 0. The van der Waals surface area contributed by atoms with Crippen molar-refractivity contribution < 1.29 is 4.74 Å². The fraction of sp³-hybridized carbons (Fsp3) is 0.750. The van der Waals surface area contributed by atoms with Crippen molar-refractivity contribution in [2.45, 2.75) is 72.6 Å². The second kappa shape index (κ2) is 11.0. The molecule has 0 rings (SSSR count). The summed E-state index contributed by atoms with van der Waals surface area (Å²) in [4.78, 5) is 0. The molecule has 18 heavy (non-hydrogen) atoms. The van der Waals surface area contributed by atoms with Crippen LogP contribution in [0.3, 0.4) is 0 Å². The van der Waals surface area contributed by atoms with Gasteiger partial charge >= 0.3 is 119 Å². The van der Waals surface area contributed by atoms with Gasteiger partial charge in [0.25, 0.3) is 0 Å². The van der Waals surface area contributed by atoms with Gasteiger partial charge < -0.3 is 0 Å². The Hall–Kier alpha value is 0.0787. The van der Waals surface area contributed by atoms with Crippen molar-refractivity contribution in [2.24, 2.45) is 0 Å². The third-order valence-corrected chi connectivity index (χ3v) is 18.8. The molecule has 0 amide bonds. The Kier molecular flexibility index (Phi) is 11.0. The van der Waals surface area contributed by atoms with Crippen LogP contribution >= 0.6 is 0 Å². The quantitative estimate of drug-likeness (QED) is 0.305. The second-order valence-electron chi connectivity index (χ2n) is 5.30. The van der Waals surface area contributed by atoms with Gasteiger partial charge in [-0.3, -0.25) is 0 Å². The summed E-state index contributed by atoms with van der Waals surface area (Å²) in [5, 5.41) is 0. The average molecular weight is 359 g/mol. The van der Waals surface area contributed by atoms with Crippen molar-refractivity contribution in [3.8, 4) is 0 Å². The topological polar surface area (TPSA) is 9.23 Å². The predicted octanol–water partition coefficient (Wildman–Crippen LogP) is 6.05. The van der Waals surface area contributed by atoms with E-state index in [1.165, 1.54) is 51.8 Å². The van der Waals surface area contributed by atoms with Crippen LogP contribution in [0.25, 0.3) is 0 Å². The maximum atomic E-state index is 5.66. The molecule has 0 saturated heterocycles. The Bertz CT molecular complexity index is 213. The zero-order valence-electron chi connectivity index (χ0n) is 12.8. The van der Waals surface area contributed by atoms with Crippen LogP contribution in [-0.4, -0.2) is 18.4 Å². The molecule has 0 aromatic carbocycles. The summed E-state index contributed by atoms with van der Waals surface area (Å²) in [6, 6.07) is 0. The third-order valence-electron chi connectivity index (χ3n) is 3.84. The van der Waals surface area contributed by atoms with Crippen LogP contribution in [0.1, 0.15) is 59.3 Å². The van der Waals surface area contributed by atoms with E-state index in [0.29, 0.717) is 0 Å². The van der Waals surface area contributed by atoms with E-state index in [9.17, 15) is 0 Å². The maximum absolute atomic E-state index is 5.66. The number of rotatable bonds is 12. The van der Waals surface area contributed by atoms with E-state index in [1.54, 1.807) is 6.26 Å². The van der Waals surface area contributed by atoms with E-state index in [4.69, 9.17) is 4.74 Å². The van der Waals surface area contributed by atoms with Crippen molar-refractivity contribution in [2.75, 3.05) is 0 Å². The molecule has 0 aromatic rings. The van der Waals surface area contributed by atoms with Crippen molar-refractivity contribution in [1.29, 1.82) is 0 Å². The molecule has 0 bridgehead atoms. The van der Waals surface area contributed by atoms with Gasteiger partial charge in [-0.05, 0) is 0 Å². The zero-order valence-corrected chi connectivity index (χ0v) is 15.6. The van der Waals surface area contributed by atoms with E-state index in [1.807, 2.05) is 0 Å². The minimum atomic E-state index is -2.31. The predicted molar refractivity (Wildman–Crippen MR) is 85.3 cm³/mol. The van der Waals surface area contributed by atoms with E-state index >= 15 is 0 Å². The van der Waals surface area contributed by atoms with Gasteiger partial charge in [0.1, 0.15) is 0 Å². The van der Waals surface area contributed by atoms with E-state index in [2.05, 4.69) is 33.9 Å². The number of ether oxygens (including phenoxy) is 1. The first-order valence-electron chi connectivity index (χ1n) is 7.63. The molecule has 106 valence electrons. The Labute approximate surface area is 119 Å². The summed E-state index contributed by atoms with van der Waals surface area (Å²) < 4.78 is 11.1. The van der Waals surface area contributed by atoms with Gasteiger partial charge in [-0.2, -0.15) is 0 Å².